The van der Waals surface area contributed by atoms with Crippen molar-refractivity contribution in [3.05, 3.63) is 90.5 Å². The Bertz CT molecular complexity index is 1300. The molecule has 1 aliphatic rings. The van der Waals surface area contributed by atoms with Crippen LogP contribution in [0.15, 0.2) is 94.9 Å². The summed E-state index contributed by atoms with van der Waals surface area (Å²) < 4.78 is 0. The molecule has 3 amide bonds. The Balaban J connectivity index is 1.51. The van der Waals surface area contributed by atoms with E-state index in [4.69, 9.17) is 0 Å². The molecule has 0 fully saturated rings. The Hall–Kier alpha value is -3.91. The molecule has 0 aliphatic carbocycles. The summed E-state index contributed by atoms with van der Waals surface area (Å²) in [4.78, 5) is 39.2. The van der Waals surface area contributed by atoms with E-state index in [1.54, 1.807) is 12.1 Å². The van der Waals surface area contributed by atoms with Gasteiger partial charge in [0.15, 0.2) is 0 Å². The molecule has 1 heterocycles. The number of carbonyl (C=O) groups is 3. The number of thioether (sulfide) groups is 1. The Morgan fingerprint density at radius 3 is 2.30 bits per heavy atom. The zero-order chi connectivity index (χ0) is 26.4. The number of rotatable bonds is 7. The Morgan fingerprint density at radius 2 is 1.62 bits per heavy atom. The molecule has 7 nitrogen and oxygen atoms in total. The fraction of sp³-hybridized carbons (Fsp3) is 0.241. The Labute approximate surface area is 221 Å². The van der Waals surface area contributed by atoms with Crippen LogP contribution in [0, 0.1) is 5.41 Å². The van der Waals surface area contributed by atoms with Gasteiger partial charge in [0, 0.05) is 17.0 Å². The molecule has 2 N–H and O–H groups in total. The van der Waals surface area contributed by atoms with Crippen LogP contribution >= 0.6 is 11.8 Å². The number of para-hydroxylation sites is 1. The van der Waals surface area contributed by atoms with Crippen LogP contribution in [0.4, 0.5) is 11.4 Å². The summed E-state index contributed by atoms with van der Waals surface area (Å²) >= 11 is 1.37. The minimum atomic E-state index is -0.592. The highest BCUT2D eigenvalue weighted by Crippen LogP contribution is 2.37. The predicted octanol–water partition coefficient (Wildman–Crippen LogP) is 5.76. The van der Waals surface area contributed by atoms with E-state index < -0.39 is 5.25 Å². The maximum absolute atomic E-state index is 13.5. The van der Waals surface area contributed by atoms with Crippen molar-refractivity contribution in [3.8, 4) is 0 Å². The van der Waals surface area contributed by atoms with E-state index in [1.807, 2.05) is 93.6 Å². The number of anilines is 2. The molecule has 1 unspecified atom stereocenters. The lowest BCUT2D eigenvalue weighted by Crippen LogP contribution is -2.33. The first-order valence-electron chi connectivity index (χ1n) is 12.1. The van der Waals surface area contributed by atoms with E-state index in [9.17, 15) is 14.4 Å². The number of nitrogens with one attached hydrogen (secondary N) is 2. The van der Waals surface area contributed by atoms with Crippen molar-refractivity contribution >= 4 is 46.7 Å². The second kappa shape index (κ2) is 11.4. The van der Waals surface area contributed by atoms with Gasteiger partial charge in [0.2, 0.25) is 11.8 Å². The highest BCUT2D eigenvalue weighted by Gasteiger charge is 2.29. The number of hydrogen-bond donors (Lipinski definition) is 2. The Morgan fingerprint density at radius 1 is 0.946 bits per heavy atom. The van der Waals surface area contributed by atoms with E-state index >= 15 is 0 Å². The normalized spacial score (nSPS) is 14.2. The van der Waals surface area contributed by atoms with Gasteiger partial charge in [-0.05, 0) is 41.3 Å². The molecule has 1 aliphatic heterocycles. The van der Waals surface area contributed by atoms with Gasteiger partial charge in [-0.15, -0.1) is 11.8 Å². The van der Waals surface area contributed by atoms with Crippen LogP contribution in [-0.2, 0) is 14.4 Å². The van der Waals surface area contributed by atoms with Gasteiger partial charge in [-0.2, -0.15) is 10.1 Å². The zero-order valence-electron chi connectivity index (χ0n) is 21.1. The third kappa shape index (κ3) is 7.30. The maximum Gasteiger partial charge on any atom is 0.255 e. The van der Waals surface area contributed by atoms with E-state index in [-0.39, 0.29) is 29.6 Å². The summed E-state index contributed by atoms with van der Waals surface area (Å²) in [6, 6.07) is 26.0. The van der Waals surface area contributed by atoms with E-state index in [1.165, 1.54) is 16.8 Å². The molecule has 190 valence electrons. The standard InChI is InChI=1S/C29H30N4O3S/c1-29(2,3)19-25(34)30-21-13-10-16-23(17-21)37-27(20-11-6-4-7-12-20)28(36)31-24-18-26(35)33(32-24)22-14-8-5-9-15-22/h4-17,27H,18-19H2,1-3H3,(H,30,34)(H,31,32,36). The van der Waals surface area contributed by atoms with Crippen LogP contribution < -0.4 is 15.6 Å². The minimum absolute atomic E-state index is 0.0160. The Kier molecular flexibility index (Phi) is 8.08. The highest BCUT2D eigenvalue weighted by molar-refractivity contribution is 8.00. The zero-order valence-corrected chi connectivity index (χ0v) is 21.9. The lowest BCUT2D eigenvalue weighted by Gasteiger charge is -2.18. The second-order valence-corrected chi connectivity index (χ2v) is 11.2. The average Bonchev–Trinajstić information content (AvgIpc) is 3.22. The molecule has 3 aromatic rings. The maximum atomic E-state index is 13.5. The van der Waals surface area contributed by atoms with Gasteiger partial charge in [0.25, 0.3) is 5.91 Å². The number of carbonyl (C=O) groups excluding carboxylic acids is 3. The van der Waals surface area contributed by atoms with Crippen molar-refractivity contribution < 1.29 is 14.4 Å². The molecule has 0 saturated heterocycles. The van der Waals surface area contributed by atoms with Gasteiger partial charge in [-0.25, -0.2) is 0 Å². The van der Waals surface area contributed by atoms with Crippen molar-refractivity contribution in [1.29, 1.82) is 0 Å². The summed E-state index contributed by atoms with van der Waals surface area (Å²) in [6.45, 7) is 6.05. The average molecular weight is 515 g/mol. The fourth-order valence-corrected chi connectivity index (χ4v) is 4.93. The number of benzene rings is 3. The van der Waals surface area contributed by atoms with Gasteiger partial charge in [-0.1, -0.05) is 75.4 Å². The number of hydrogen-bond acceptors (Lipinski definition) is 5. The summed E-state index contributed by atoms with van der Waals surface area (Å²) in [5, 5.41) is 10.9. The van der Waals surface area contributed by atoms with Crippen molar-refractivity contribution in [2.24, 2.45) is 10.5 Å². The van der Waals surface area contributed by atoms with E-state index in [0.717, 1.165) is 10.5 Å². The van der Waals surface area contributed by atoms with E-state index in [2.05, 4.69) is 15.7 Å². The summed E-state index contributed by atoms with van der Waals surface area (Å²) in [5.41, 5.74) is 2.02. The molecule has 37 heavy (non-hydrogen) atoms. The number of nitrogens with zero attached hydrogens (tertiary/aromatic N) is 2. The van der Waals surface area contributed by atoms with Crippen molar-refractivity contribution in [2.75, 3.05) is 10.3 Å². The van der Waals surface area contributed by atoms with E-state index in [0.29, 0.717) is 23.6 Å². The first-order valence-corrected chi connectivity index (χ1v) is 12.9. The quantitative estimate of drug-likeness (QED) is 0.392. The molecular weight excluding hydrogens is 484 g/mol. The van der Waals surface area contributed by atoms with Crippen molar-refractivity contribution in [3.63, 3.8) is 0 Å². The molecule has 4 rings (SSSR count). The molecule has 1 atom stereocenters. The summed E-state index contributed by atoms with van der Waals surface area (Å²) in [7, 11) is 0. The molecule has 0 saturated carbocycles. The smallest absolute Gasteiger partial charge is 0.255 e. The minimum Gasteiger partial charge on any atom is -0.326 e. The topological polar surface area (TPSA) is 90.9 Å². The molecule has 3 aromatic carbocycles. The first-order chi connectivity index (χ1) is 17.7. The van der Waals surface area contributed by atoms with Crippen molar-refractivity contribution in [2.45, 2.75) is 43.8 Å². The number of amides is 3. The van der Waals surface area contributed by atoms with Crippen LogP contribution in [-0.4, -0.2) is 23.6 Å². The predicted molar refractivity (Wildman–Crippen MR) is 148 cm³/mol. The SMILES string of the molecule is CC(C)(C)CC(=O)Nc1cccc(SC(C(=O)NC2=NN(c3ccccc3)C(=O)C2)c2ccccc2)c1. The largest absolute Gasteiger partial charge is 0.326 e. The molecule has 0 spiro atoms. The lowest BCUT2D eigenvalue weighted by atomic mass is 9.92. The summed E-state index contributed by atoms with van der Waals surface area (Å²) in [5.74, 6) is -0.230. The molecule has 0 aromatic heterocycles. The van der Waals surface area contributed by atoms with Gasteiger partial charge >= 0.3 is 0 Å². The number of hydrazone groups is 1. The monoisotopic (exact) mass is 514 g/mol. The van der Waals surface area contributed by atoms with Gasteiger partial charge in [-0.3, -0.25) is 14.4 Å². The van der Waals surface area contributed by atoms with Crippen molar-refractivity contribution in [1.82, 2.24) is 5.32 Å². The molecular formula is C29H30N4O3S. The van der Waals surface area contributed by atoms with Gasteiger partial charge in [0.05, 0.1) is 12.1 Å². The molecule has 0 bridgehead atoms. The van der Waals surface area contributed by atoms with Crippen LogP contribution in [0.25, 0.3) is 0 Å². The second-order valence-electron chi connectivity index (χ2n) is 9.98. The molecule has 8 heteroatoms. The molecule has 0 radical (unpaired) electrons. The van der Waals surface area contributed by atoms with Crippen LogP contribution in [0.2, 0.25) is 0 Å². The van der Waals surface area contributed by atoms with Gasteiger partial charge in [0.1, 0.15) is 11.1 Å². The third-order valence-electron chi connectivity index (χ3n) is 5.45. The first kappa shape index (κ1) is 26.2. The highest BCUT2D eigenvalue weighted by atomic mass is 32.2. The lowest BCUT2D eigenvalue weighted by molar-refractivity contribution is -0.119. The fourth-order valence-electron chi connectivity index (χ4n) is 3.85. The van der Waals surface area contributed by atoms with Crippen LogP contribution in [0.5, 0.6) is 0 Å². The summed E-state index contributed by atoms with van der Waals surface area (Å²) in [6.07, 6.45) is 0.419. The number of amidine groups is 1. The van der Waals surface area contributed by atoms with Crippen LogP contribution in [0.3, 0.4) is 0 Å². The van der Waals surface area contributed by atoms with Gasteiger partial charge < -0.3 is 10.6 Å². The third-order valence-corrected chi connectivity index (χ3v) is 6.69. The van der Waals surface area contributed by atoms with Crippen LogP contribution in [0.1, 0.15) is 44.4 Å².